The molecule has 0 saturated heterocycles. The highest BCUT2D eigenvalue weighted by Gasteiger charge is 2.06. The fraction of sp³-hybridized carbons (Fsp3) is 0.118. The molecule has 2 heteroatoms. The fourth-order valence-electron chi connectivity index (χ4n) is 1.63. The molecule has 0 spiro atoms. The molecule has 0 radical (unpaired) electrons. The molecule has 0 bridgehead atoms. The minimum atomic E-state index is 0.0921. The maximum Gasteiger partial charge on any atom is 0.166 e. The van der Waals surface area contributed by atoms with Crippen molar-refractivity contribution in [3.8, 4) is 0 Å². The summed E-state index contributed by atoms with van der Waals surface area (Å²) >= 11 is 1.51. The maximum atomic E-state index is 11.7. The Bertz CT molecular complexity index is 582. The van der Waals surface area contributed by atoms with Crippen LogP contribution in [0.25, 0.3) is 6.08 Å². The van der Waals surface area contributed by atoms with Gasteiger partial charge < -0.3 is 0 Å². The summed E-state index contributed by atoms with van der Waals surface area (Å²) in [6.45, 7) is 3.66. The number of ketones is 1. The van der Waals surface area contributed by atoms with Crippen molar-refractivity contribution in [2.24, 2.45) is 0 Å². The number of carbonyl (C=O) groups excluding carboxylic acids is 1. The Hall–Kier alpha value is -1.80. The molecule has 2 aromatic carbocycles. The Morgan fingerprint density at radius 1 is 1.00 bits per heavy atom. The van der Waals surface area contributed by atoms with E-state index in [1.54, 1.807) is 6.92 Å². The summed E-state index contributed by atoms with van der Waals surface area (Å²) in [4.78, 5) is 13.6. The number of carbonyl (C=O) groups is 1. The van der Waals surface area contributed by atoms with E-state index in [1.165, 1.54) is 17.3 Å². The molecule has 0 saturated carbocycles. The first-order valence-electron chi connectivity index (χ1n) is 6.17. The van der Waals surface area contributed by atoms with Gasteiger partial charge in [-0.1, -0.05) is 59.8 Å². The lowest BCUT2D eigenvalue weighted by atomic mass is 10.1. The Kier molecular flexibility index (Phi) is 4.58. The lowest BCUT2D eigenvalue weighted by Gasteiger charge is -2.04. The first kappa shape index (κ1) is 13.6. The molecule has 0 atom stereocenters. The summed E-state index contributed by atoms with van der Waals surface area (Å²) < 4.78 is 0. The zero-order valence-electron chi connectivity index (χ0n) is 11.1. The van der Waals surface area contributed by atoms with E-state index in [0.29, 0.717) is 0 Å². The zero-order valence-corrected chi connectivity index (χ0v) is 11.9. The molecule has 0 aliphatic rings. The minimum Gasteiger partial charge on any atom is -0.294 e. The molecular weight excluding hydrogens is 252 g/mol. The number of thioether (sulfide) groups is 1. The Balaban J connectivity index is 2.25. The Morgan fingerprint density at radius 2 is 1.63 bits per heavy atom. The number of allylic oxidation sites excluding steroid dienone is 1. The quantitative estimate of drug-likeness (QED) is 0.589. The first-order chi connectivity index (χ1) is 9.15. The van der Waals surface area contributed by atoms with E-state index >= 15 is 0 Å². The van der Waals surface area contributed by atoms with Gasteiger partial charge in [0, 0.05) is 4.90 Å². The average molecular weight is 268 g/mol. The van der Waals surface area contributed by atoms with Crippen molar-refractivity contribution in [3.63, 3.8) is 0 Å². The normalized spacial score (nSPS) is 11.4. The van der Waals surface area contributed by atoms with Crippen molar-refractivity contribution in [2.45, 2.75) is 18.7 Å². The molecule has 0 aliphatic heterocycles. The van der Waals surface area contributed by atoms with Crippen molar-refractivity contribution in [2.75, 3.05) is 0 Å². The van der Waals surface area contributed by atoms with E-state index in [4.69, 9.17) is 0 Å². The second-order valence-corrected chi connectivity index (χ2v) is 5.51. The van der Waals surface area contributed by atoms with Gasteiger partial charge in [-0.3, -0.25) is 4.79 Å². The van der Waals surface area contributed by atoms with Crippen LogP contribution in [-0.4, -0.2) is 5.78 Å². The lowest BCUT2D eigenvalue weighted by Crippen LogP contribution is -1.92. The molecule has 96 valence electrons. The summed E-state index contributed by atoms with van der Waals surface area (Å²) in [6, 6.07) is 18.1. The number of hydrogen-bond acceptors (Lipinski definition) is 2. The Labute approximate surface area is 118 Å². The molecule has 0 unspecified atom stereocenters. The van der Waals surface area contributed by atoms with Crippen LogP contribution < -0.4 is 0 Å². The van der Waals surface area contributed by atoms with Crippen molar-refractivity contribution in [1.29, 1.82) is 0 Å². The molecule has 0 heterocycles. The first-order valence-corrected chi connectivity index (χ1v) is 6.99. The predicted molar refractivity (Wildman–Crippen MR) is 82.1 cm³/mol. The van der Waals surface area contributed by atoms with E-state index in [1.807, 2.05) is 48.5 Å². The van der Waals surface area contributed by atoms with Crippen LogP contribution in [0.2, 0.25) is 0 Å². The van der Waals surface area contributed by atoms with Crippen LogP contribution in [0.3, 0.4) is 0 Å². The van der Waals surface area contributed by atoms with Crippen molar-refractivity contribution < 1.29 is 4.79 Å². The van der Waals surface area contributed by atoms with Crippen molar-refractivity contribution >= 4 is 23.6 Å². The van der Waals surface area contributed by atoms with Crippen molar-refractivity contribution in [3.05, 3.63) is 70.6 Å². The molecular formula is C17H16OS. The van der Waals surface area contributed by atoms with Crippen LogP contribution in [-0.2, 0) is 4.79 Å². The van der Waals surface area contributed by atoms with Crippen LogP contribution >= 0.6 is 11.8 Å². The standard InChI is InChI=1S/C17H16OS/c1-13-8-10-15(11-9-13)12-17(14(2)18)19-16-6-4-3-5-7-16/h3-12H,1-2H3/b17-12+. The number of hydrogen-bond donors (Lipinski definition) is 0. The van der Waals surface area contributed by atoms with Crippen LogP contribution in [0, 0.1) is 6.92 Å². The third-order valence-electron chi connectivity index (χ3n) is 2.69. The SMILES string of the molecule is CC(=O)/C(=C\c1ccc(C)cc1)Sc1ccccc1. The summed E-state index contributed by atoms with van der Waals surface area (Å²) in [5, 5.41) is 0. The predicted octanol–water partition coefficient (Wildman–Crippen LogP) is 4.72. The third-order valence-corrected chi connectivity index (χ3v) is 3.83. The van der Waals surface area contributed by atoms with Gasteiger partial charge in [-0.2, -0.15) is 0 Å². The second-order valence-electron chi connectivity index (χ2n) is 4.39. The monoisotopic (exact) mass is 268 g/mol. The minimum absolute atomic E-state index is 0.0921. The molecule has 2 aromatic rings. The number of benzene rings is 2. The topological polar surface area (TPSA) is 17.1 Å². The molecule has 0 aliphatic carbocycles. The molecule has 1 nitrogen and oxygen atoms in total. The van der Waals surface area contributed by atoms with E-state index in [2.05, 4.69) is 19.1 Å². The molecule has 0 amide bonds. The molecule has 2 rings (SSSR count). The lowest BCUT2D eigenvalue weighted by molar-refractivity contribution is -0.112. The molecule has 19 heavy (non-hydrogen) atoms. The van der Waals surface area contributed by atoms with Gasteiger partial charge in [-0.25, -0.2) is 0 Å². The van der Waals surface area contributed by atoms with Crippen molar-refractivity contribution in [1.82, 2.24) is 0 Å². The number of Topliss-reactive ketones (excluding diaryl/α,β-unsaturated/α-hetero) is 1. The zero-order chi connectivity index (χ0) is 13.7. The average Bonchev–Trinajstić information content (AvgIpc) is 2.41. The van der Waals surface area contributed by atoms with Gasteiger partial charge >= 0.3 is 0 Å². The highest BCUT2D eigenvalue weighted by Crippen LogP contribution is 2.28. The van der Waals surface area contributed by atoms with Crippen LogP contribution in [0.4, 0.5) is 0 Å². The Morgan fingerprint density at radius 3 is 2.21 bits per heavy atom. The fourth-order valence-corrected chi connectivity index (χ4v) is 2.52. The van der Waals surface area contributed by atoms with Crippen LogP contribution in [0.1, 0.15) is 18.1 Å². The van der Waals surface area contributed by atoms with Gasteiger partial charge in [0.2, 0.25) is 0 Å². The highest BCUT2D eigenvalue weighted by atomic mass is 32.2. The smallest absolute Gasteiger partial charge is 0.166 e. The largest absolute Gasteiger partial charge is 0.294 e. The number of rotatable bonds is 4. The maximum absolute atomic E-state index is 11.7. The molecule has 0 fully saturated rings. The van der Waals surface area contributed by atoms with E-state index in [-0.39, 0.29) is 5.78 Å². The summed E-state index contributed by atoms with van der Waals surface area (Å²) in [7, 11) is 0. The van der Waals surface area contributed by atoms with Gasteiger partial charge in [0.15, 0.2) is 5.78 Å². The second kappa shape index (κ2) is 6.39. The third kappa shape index (κ3) is 4.11. The van der Waals surface area contributed by atoms with Crippen LogP contribution in [0.15, 0.2) is 64.4 Å². The van der Waals surface area contributed by atoms with E-state index in [9.17, 15) is 4.79 Å². The van der Waals surface area contributed by atoms with Gasteiger partial charge in [-0.15, -0.1) is 0 Å². The summed E-state index contributed by atoms with van der Waals surface area (Å²) in [6.07, 6.45) is 1.94. The summed E-state index contributed by atoms with van der Waals surface area (Å²) in [5.74, 6) is 0.0921. The van der Waals surface area contributed by atoms with E-state index in [0.717, 1.165) is 15.4 Å². The van der Waals surface area contributed by atoms with Gasteiger partial charge in [0.25, 0.3) is 0 Å². The molecule has 0 N–H and O–H groups in total. The van der Waals surface area contributed by atoms with E-state index < -0.39 is 0 Å². The highest BCUT2D eigenvalue weighted by molar-refractivity contribution is 8.04. The van der Waals surface area contributed by atoms with Gasteiger partial charge in [0.05, 0.1) is 4.91 Å². The van der Waals surface area contributed by atoms with Crippen LogP contribution in [0.5, 0.6) is 0 Å². The van der Waals surface area contributed by atoms with Gasteiger partial charge in [-0.05, 0) is 37.6 Å². The number of aryl methyl sites for hydroxylation is 1. The van der Waals surface area contributed by atoms with Gasteiger partial charge in [0.1, 0.15) is 0 Å². The molecule has 0 aromatic heterocycles. The summed E-state index contributed by atoms with van der Waals surface area (Å²) in [5.41, 5.74) is 2.27.